The van der Waals surface area contributed by atoms with E-state index in [-0.39, 0.29) is 5.82 Å². The maximum absolute atomic E-state index is 13.6. The standard InChI is InChI=1S/C14H10BrFN2/c1-8-7-9(15)5-6-10(8)14-17-12-4-2-3-11(16)13(12)18-14/h2-7H,1H3,(H,17,18). The molecule has 0 amide bonds. The van der Waals surface area contributed by atoms with Crippen LogP contribution in [0.3, 0.4) is 0 Å². The van der Waals surface area contributed by atoms with Gasteiger partial charge in [-0.25, -0.2) is 9.37 Å². The third-order valence-electron chi connectivity index (χ3n) is 2.91. The highest BCUT2D eigenvalue weighted by Gasteiger charge is 2.10. The maximum atomic E-state index is 13.6. The van der Waals surface area contributed by atoms with Gasteiger partial charge in [0.15, 0.2) is 5.82 Å². The van der Waals surface area contributed by atoms with Gasteiger partial charge >= 0.3 is 0 Å². The lowest BCUT2D eigenvalue weighted by Gasteiger charge is -2.02. The predicted octanol–water partition coefficient (Wildman–Crippen LogP) is 4.44. The average Bonchev–Trinajstić information content (AvgIpc) is 2.74. The number of hydrogen-bond acceptors (Lipinski definition) is 1. The van der Waals surface area contributed by atoms with Crippen LogP contribution in [0.2, 0.25) is 0 Å². The molecule has 1 N–H and O–H groups in total. The molecule has 0 saturated carbocycles. The number of nitrogens with zero attached hydrogens (tertiary/aromatic N) is 1. The fraction of sp³-hybridized carbons (Fsp3) is 0.0714. The molecule has 0 bridgehead atoms. The van der Waals surface area contributed by atoms with E-state index >= 15 is 0 Å². The highest BCUT2D eigenvalue weighted by atomic mass is 79.9. The summed E-state index contributed by atoms with van der Waals surface area (Å²) in [5.74, 6) is 0.393. The number of halogens is 2. The Kier molecular flexibility index (Phi) is 2.67. The van der Waals surface area contributed by atoms with Crippen molar-refractivity contribution in [2.45, 2.75) is 6.92 Å². The molecule has 2 nitrogen and oxygen atoms in total. The molecule has 18 heavy (non-hydrogen) atoms. The quantitative estimate of drug-likeness (QED) is 0.707. The van der Waals surface area contributed by atoms with E-state index in [0.29, 0.717) is 16.9 Å². The van der Waals surface area contributed by atoms with E-state index in [1.54, 1.807) is 6.07 Å². The summed E-state index contributed by atoms with van der Waals surface area (Å²) in [6.45, 7) is 2.00. The summed E-state index contributed by atoms with van der Waals surface area (Å²) in [5, 5.41) is 0. The first-order valence-corrected chi connectivity index (χ1v) is 6.35. The minimum Gasteiger partial charge on any atom is -0.338 e. The van der Waals surface area contributed by atoms with Gasteiger partial charge in [-0.15, -0.1) is 0 Å². The van der Waals surface area contributed by atoms with Gasteiger partial charge in [-0.3, -0.25) is 0 Å². The van der Waals surface area contributed by atoms with Gasteiger partial charge in [0.2, 0.25) is 0 Å². The van der Waals surface area contributed by atoms with Crippen LogP contribution < -0.4 is 0 Å². The number of H-pyrrole nitrogens is 1. The third kappa shape index (κ3) is 1.82. The van der Waals surface area contributed by atoms with Gasteiger partial charge in [-0.05, 0) is 42.8 Å². The minimum absolute atomic E-state index is 0.301. The van der Waals surface area contributed by atoms with Gasteiger partial charge in [-0.1, -0.05) is 22.0 Å². The number of rotatable bonds is 1. The topological polar surface area (TPSA) is 28.7 Å². The molecule has 1 heterocycles. The van der Waals surface area contributed by atoms with Gasteiger partial charge in [0.1, 0.15) is 11.3 Å². The molecular weight excluding hydrogens is 295 g/mol. The molecule has 3 rings (SSSR count). The Morgan fingerprint density at radius 2 is 2.06 bits per heavy atom. The molecule has 0 atom stereocenters. The van der Waals surface area contributed by atoms with Gasteiger partial charge in [0.05, 0.1) is 5.52 Å². The third-order valence-corrected chi connectivity index (χ3v) is 3.40. The van der Waals surface area contributed by atoms with Crippen LogP contribution in [-0.4, -0.2) is 9.97 Å². The molecule has 0 radical (unpaired) electrons. The Bertz CT molecular complexity index is 734. The number of aromatic nitrogens is 2. The zero-order chi connectivity index (χ0) is 12.7. The molecule has 2 aromatic carbocycles. The van der Waals surface area contributed by atoms with Crippen molar-refractivity contribution >= 4 is 27.0 Å². The van der Waals surface area contributed by atoms with Crippen molar-refractivity contribution in [3.63, 3.8) is 0 Å². The predicted molar refractivity (Wildman–Crippen MR) is 73.9 cm³/mol. The summed E-state index contributed by atoms with van der Waals surface area (Å²) in [6, 6.07) is 10.8. The maximum Gasteiger partial charge on any atom is 0.151 e. The Balaban J connectivity index is 2.23. The van der Waals surface area contributed by atoms with Gasteiger partial charge < -0.3 is 4.98 Å². The minimum atomic E-state index is -0.301. The fourth-order valence-electron chi connectivity index (χ4n) is 2.02. The normalized spacial score (nSPS) is 11.1. The second-order valence-electron chi connectivity index (χ2n) is 4.18. The number of imidazole rings is 1. The van der Waals surface area contributed by atoms with Crippen LogP contribution >= 0.6 is 15.9 Å². The summed E-state index contributed by atoms with van der Waals surface area (Å²) < 4.78 is 14.6. The molecule has 3 aromatic rings. The number of hydrogen-bond donors (Lipinski definition) is 1. The molecule has 0 aliphatic rings. The van der Waals surface area contributed by atoms with Gasteiger partial charge in [0, 0.05) is 10.0 Å². The number of nitrogens with one attached hydrogen (secondary N) is 1. The molecule has 90 valence electrons. The van der Waals surface area contributed by atoms with E-state index in [1.165, 1.54) is 6.07 Å². The van der Waals surface area contributed by atoms with Crippen LogP contribution in [-0.2, 0) is 0 Å². The SMILES string of the molecule is Cc1cc(Br)ccc1-c1nc2c(F)cccc2[nH]1. The monoisotopic (exact) mass is 304 g/mol. The summed E-state index contributed by atoms with van der Waals surface area (Å²) in [4.78, 5) is 7.47. The largest absolute Gasteiger partial charge is 0.338 e. The number of aryl methyl sites for hydroxylation is 1. The van der Waals surface area contributed by atoms with E-state index in [4.69, 9.17) is 0 Å². The van der Waals surface area contributed by atoms with Crippen LogP contribution in [0.4, 0.5) is 4.39 Å². The van der Waals surface area contributed by atoms with E-state index in [9.17, 15) is 4.39 Å². The van der Waals surface area contributed by atoms with E-state index < -0.39 is 0 Å². The zero-order valence-corrected chi connectivity index (χ0v) is 11.3. The summed E-state index contributed by atoms with van der Waals surface area (Å²) in [5.41, 5.74) is 3.17. The molecule has 0 spiro atoms. The first-order chi connectivity index (χ1) is 8.65. The highest BCUT2D eigenvalue weighted by molar-refractivity contribution is 9.10. The lowest BCUT2D eigenvalue weighted by Crippen LogP contribution is -1.85. The van der Waals surface area contributed by atoms with Crippen molar-refractivity contribution in [3.8, 4) is 11.4 Å². The summed E-state index contributed by atoms with van der Waals surface area (Å²) >= 11 is 3.42. The lowest BCUT2D eigenvalue weighted by atomic mass is 10.1. The zero-order valence-electron chi connectivity index (χ0n) is 9.67. The average molecular weight is 305 g/mol. The lowest BCUT2D eigenvalue weighted by molar-refractivity contribution is 0.637. The second-order valence-corrected chi connectivity index (χ2v) is 5.10. The molecule has 4 heteroatoms. The van der Waals surface area contributed by atoms with Crippen LogP contribution in [0.1, 0.15) is 5.56 Å². The fourth-order valence-corrected chi connectivity index (χ4v) is 2.49. The van der Waals surface area contributed by atoms with Crippen molar-refractivity contribution in [1.29, 1.82) is 0 Å². The van der Waals surface area contributed by atoms with Crippen molar-refractivity contribution in [2.75, 3.05) is 0 Å². The van der Waals surface area contributed by atoms with Crippen LogP contribution in [0.15, 0.2) is 40.9 Å². The Morgan fingerprint density at radius 3 is 2.78 bits per heavy atom. The van der Waals surface area contributed by atoms with E-state index in [1.807, 2.05) is 31.2 Å². The first kappa shape index (κ1) is 11.4. The van der Waals surface area contributed by atoms with Crippen LogP contribution in [0.25, 0.3) is 22.4 Å². The molecular formula is C14H10BrFN2. The molecule has 0 fully saturated rings. The number of aromatic amines is 1. The summed E-state index contributed by atoms with van der Waals surface area (Å²) in [6.07, 6.45) is 0. The smallest absolute Gasteiger partial charge is 0.151 e. The summed E-state index contributed by atoms with van der Waals surface area (Å²) in [7, 11) is 0. The number of benzene rings is 2. The second kappa shape index (κ2) is 4.21. The van der Waals surface area contributed by atoms with Crippen LogP contribution in [0.5, 0.6) is 0 Å². The molecule has 1 aromatic heterocycles. The molecule has 0 aliphatic heterocycles. The van der Waals surface area contributed by atoms with Crippen LogP contribution in [0, 0.1) is 12.7 Å². The number of fused-ring (bicyclic) bond motifs is 1. The highest BCUT2D eigenvalue weighted by Crippen LogP contribution is 2.26. The van der Waals surface area contributed by atoms with E-state index in [2.05, 4.69) is 25.9 Å². The van der Waals surface area contributed by atoms with Crippen molar-refractivity contribution in [1.82, 2.24) is 9.97 Å². The van der Waals surface area contributed by atoms with Crippen molar-refractivity contribution < 1.29 is 4.39 Å². The van der Waals surface area contributed by atoms with Crippen molar-refractivity contribution in [2.24, 2.45) is 0 Å². The van der Waals surface area contributed by atoms with Crippen molar-refractivity contribution in [3.05, 3.63) is 52.3 Å². The Labute approximate surface area is 112 Å². The Hall–Kier alpha value is -1.68. The van der Waals surface area contributed by atoms with E-state index in [0.717, 1.165) is 15.6 Å². The van der Waals surface area contributed by atoms with Gasteiger partial charge in [-0.2, -0.15) is 0 Å². The number of para-hydroxylation sites is 1. The van der Waals surface area contributed by atoms with Gasteiger partial charge in [0.25, 0.3) is 0 Å². The first-order valence-electron chi connectivity index (χ1n) is 5.56. The molecule has 0 saturated heterocycles. The Morgan fingerprint density at radius 1 is 1.22 bits per heavy atom. The molecule has 0 aliphatic carbocycles. The molecule has 0 unspecified atom stereocenters.